The molecule has 3 rings (SSSR count). The molecule has 0 radical (unpaired) electrons. The molecule has 2 aromatic rings. The van der Waals surface area contributed by atoms with Crippen LogP contribution in [0.1, 0.15) is 28.8 Å². The quantitative estimate of drug-likeness (QED) is 0.534. The monoisotopic (exact) mass is 422 g/mol. The van der Waals surface area contributed by atoms with Gasteiger partial charge in [0.25, 0.3) is 0 Å². The second-order valence-corrected chi connectivity index (χ2v) is 6.98. The SMILES string of the molecule is O=C1CCC(C(=O)c2ccc(Br)cc2)(c2ccc(Br)cc2)O1. The highest BCUT2D eigenvalue weighted by Gasteiger charge is 2.48. The van der Waals surface area contributed by atoms with Crippen molar-refractivity contribution in [1.29, 1.82) is 0 Å². The summed E-state index contributed by atoms with van der Waals surface area (Å²) in [5.74, 6) is -0.526. The number of rotatable bonds is 3. The van der Waals surface area contributed by atoms with Gasteiger partial charge in [-0.3, -0.25) is 9.59 Å². The van der Waals surface area contributed by atoms with E-state index in [4.69, 9.17) is 4.74 Å². The summed E-state index contributed by atoms with van der Waals surface area (Å²) < 4.78 is 7.31. The van der Waals surface area contributed by atoms with Crippen molar-refractivity contribution in [3.63, 3.8) is 0 Å². The molecule has 0 saturated carbocycles. The Morgan fingerprint density at radius 1 is 0.955 bits per heavy atom. The third-order valence-corrected chi connectivity index (χ3v) is 4.81. The minimum Gasteiger partial charge on any atom is -0.446 e. The fraction of sp³-hybridized carbons (Fsp3) is 0.176. The second-order valence-electron chi connectivity index (χ2n) is 5.14. The van der Waals surface area contributed by atoms with Crippen LogP contribution in [0.4, 0.5) is 0 Å². The average molecular weight is 424 g/mol. The zero-order valence-electron chi connectivity index (χ0n) is 11.5. The van der Waals surface area contributed by atoms with Gasteiger partial charge < -0.3 is 4.74 Å². The standard InChI is InChI=1S/C17H12Br2O3/c18-13-5-1-11(2-6-13)16(21)17(10-9-15(20)22-17)12-3-7-14(19)8-4-12/h1-8H,9-10H2. The highest BCUT2D eigenvalue weighted by Crippen LogP contribution is 2.40. The lowest BCUT2D eigenvalue weighted by Gasteiger charge is -2.27. The molecule has 1 unspecified atom stereocenters. The number of hydrogen-bond donors (Lipinski definition) is 0. The van der Waals surface area contributed by atoms with E-state index in [0.29, 0.717) is 17.5 Å². The molecule has 2 aromatic carbocycles. The molecular formula is C17H12Br2O3. The van der Waals surface area contributed by atoms with E-state index in [-0.39, 0.29) is 18.2 Å². The summed E-state index contributed by atoms with van der Waals surface area (Å²) in [4.78, 5) is 24.7. The molecule has 1 fully saturated rings. The van der Waals surface area contributed by atoms with E-state index in [1.807, 2.05) is 24.3 Å². The molecule has 3 nitrogen and oxygen atoms in total. The Labute approximate surface area is 144 Å². The van der Waals surface area contributed by atoms with E-state index in [2.05, 4.69) is 31.9 Å². The van der Waals surface area contributed by atoms with E-state index in [1.54, 1.807) is 24.3 Å². The molecular weight excluding hydrogens is 412 g/mol. The third kappa shape index (κ3) is 2.75. The van der Waals surface area contributed by atoms with Gasteiger partial charge in [0.15, 0.2) is 5.60 Å². The molecule has 1 heterocycles. The summed E-state index contributed by atoms with van der Waals surface area (Å²) in [5, 5.41) is 0. The van der Waals surface area contributed by atoms with Gasteiger partial charge in [0.05, 0.1) is 6.42 Å². The molecule has 0 spiro atoms. The van der Waals surface area contributed by atoms with Crippen LogP contribution in [0, 0.1) is 0 Å². The van der Waals surface area contributed by atoms with Crippen molar-refractivity contribution < 1.29 is 14.3 Å². The van der Waals surface area contributed by atoms with Crippen LogP contribution in [0.2, 0.25) is 0 Å². The van der Waals surface area contributed by atoms with Gasteiger partial charge in [-0.25, -0.2) is 0 Å². The number of benzene rings is 2. The van der Waals surface area contributed by atoms with Gasteiger partial charge >= 0.3 is 5.97 Å². The number of Topliss-reactive ketones (excluding diaryl/α,β-unsaturated/α-hetero) is 1. The first-order chi connectivity index (χ1) is 10.5. The number of cyclic esters (lactones) is 1. The Hall–Kier alpha value is -1.46. The summed E-state index contributed by atoms with van der Waals surface area (Å²) in [6, 6.07) is 14.4. The Balaban J connectivity index is 2.06. The van der Waals surface area contributed by atoms with Crippen LogP contribution < -0.4 is 0 Å². The Bertz CT molecular complexity index is 723. The van der Waals surface area contributed by atoms with Crippen LogP contribution in [0.5, 0.6) is 0 Å². The topological polar surface area (TPSA) is 43.4 Å². The number of carbonyl (C=O) groups excluding carboxylic acids is 2. The maximum Gasteiger partial charge on any atom is 0.307 e. The molecule has 1 aliphatic heterocycles. The summed E-state index contributed by atoms with van der Waals surface area (Å²) in [6.45, 7) is 0. The molecule has 1 aliphatic rings. The van der Waals surface area contributed by atoms with Gasteiger partial charge in [0.1, 0.15) is 0 Å². The Morgan fingerprint density at radius 2 is 1.50 bits per heavy atom. The molecule has 0 aromatic heterocycles. The molecule has 0 bridgehead atoms. The first-order valence-electron chi connectivity index (χ1n) is 6.79. The highest BCUT2D eigenvalue weighted by atomic mass is 79.9. The van der Waals surface area contributed by atoms with Crippen LogP contribution in [0.15, 0.2) is 57.5 Å². The van der Waals surface area contributed by atoms with Crippen molar-refractivity contribution >= 4 is 43.6 Å². The van der Waals surface area contributed by atoms with Crippen LogP contribution in [0.25, 0.3) is 0 Å². The Kier molecular flexibility index (Phi) is 4.19. The zero-order valence-corrected chi connectivity index (χ0v) is 14.7. The molecule has 22 heavy (non-hydrogen) atoms. The number of ketones is 1. The van der Waals surface area contributed by atoms with Crippen LogP contribution >= 0.6 is 31.9 Å². The van der Waals surface area contributed by atoms with Gasteiger partial charge in [0.2, 0.25) is 5.78 Å². The van der Waals surface area contributed by atoms with Gasteiger partial charge in [0, 0.05) is 26.5 Å². The van der Waals surface area contributed by atoms with Crippen LogP contribution in [0.3, 0.4) is 0 Å². The maximum atomic E-state index is 13.0. The molecule has 0 aliphatic carbocycles. The van der Waals surface area contributed by atoms with E-state index in [0.717, 1.165) is 8.95 Å². The smallest absolute Gasteiger partial charge is 0.307 e. The zero-order chi connectivity index (χ0) is 15.7. The summed E-state index contributed by atoms with van der Waals surface area (Å²) in [5.41, 5.74) is 0.0151. The predicted octanol–water partition coefficient (Wildman–Crippen LogP) is 4.63. The lowest BCUT2D eigenvalue weighted by Crippen LogP contribution is -2.35. The van der Waals surface area contributed by atoms with E-state index in [1.165, 1.54) is 0 Å². The minimum atomic E-state index is -1.22. The molecule has 5 heteroatoms. The second kappa shape index (κ2) is 5.97. The van der Waals surface area contributed by atoms with Crippen molar-refractivity contribution in [2.45, 2.75) is 18.4 Å². The van der Waals surface area contributed by atoms with Crippen molar-refractivity contribution in [3.05, 3.63) is 68.6 Å². The van der Waals surface area contributed by atoms with E-state index >= 15 is 0 Å². The summed E-state index contributed by atoms with van der Waals surface area (Å²) >= 11 is 6.73. The van der Waals surface area contributed by atoms with Crippen molar-refractivity contribution in [2.24, 2.45) is 0 Å². The molecule has 1 atom stereocenters. The normalized spacial score (nSPS) is 20.7. The van der Waals surface area contributed by atoms with Crippen molar-refractivity contribution in [1.82, 2.24) is 0 Å². The van der Waals surface area contributed by atoms with E-state index in [9.17, 15) is 9.59 Å². The first kappa shape index (κ1) is 15.4. The van der Waals surface area contributed by atoms with Crippen LogP contribution in [-0.4, -0.2) is 11.8 Å². The lowest BCUT2D eigenvalue weighted by atomic mass is 9.83. The van der Waals surface area contributed by atoms with Crippen molar-refractivity contribution in [3.8, 4) is 0 Å². The largest absolute Gasteiger partial charge is 0.446 e. The maximum absolute atomic E-state index is 13.0. The number of esters is 1. The van der Waals surface area contributed by atoms with Gasteiger partial charge in [-0.05, 0) is 24.3 Å². The van der Waals surface area contributed by atoms with Gasteiger partial charge in [-0.2, -0.15) is 0 Å². The predicted molar refractivity (Wildman–Crippen MR) is 89.6 cm³/mol. The van der Waals surface area contributed by atoms with Gasteiger partial charge in [-0.15, -0.1) is 0 Å². The molecule has 0 amide bonds. The highest BCUT2D eigenvalue weighted by molar-refractivity contribution is 9.10. The summed E-state index contributed by atoms with van der Waals surface area (Å²) in [6.07, 6.45) is 0.612. The number of halogens is 2. The molecule has 1 saturated heterocycles. The number of carbonyl (C=O) groups is 2. The van der Waals surface area contributed by atoms with E-state index < -0.39 is 5.60 Å². The number of ether oxygens (including phenoxy) is 1. The van der Waals surface area contributed by atoms with Gasteiger partial charge in [-0.1, -0.05) is 56.1 Å². The fourth-order valence-corrected chi connectivity index (χ4v) is 3.15. The minimum absolute atomic E-state index is 0.187. The Morgan fingerprint density at radius 3 is 2.00 bits per heavy atom. The fourth-order valence-electron chi connectivity index (χ4n) is 2.62. The van der Waals surface area contributed by atoms with Crippen LogP contribution in [-0.2, 0) is 15.1 Å². The summed E-state index contributed by atoms with van der Waals surface area (Å²) in [7, 11) is 0. The lowest BCUT2D eigenvalue weighted by molar-refractivity contribution is -0.146. The number of hydrogen-bond acceptors (Lipinski definition) is 3. The van der Waals surface area contributed by atoms with Crippen molar-refractivity contribution in [2.75, 3.05) is 0 Å². The average Bonchev–Trinajstić information content (AvgIpc) is 2.91. The molecule has 0 N–H and O–H groups in total. The first-order valence-corrected chi connectivity index (χ1v) is 8.38. The molecule has 112 valence electrons. The third-order valence-electron chi connectivity index (χ3n) is 3.75.